The van der Waals surface area contributed by atoms with Crippen LogP contribution in [-0.2, 0) is 9.47 Å². The Kier molecular flexibility index (Phi) is 6.01. The average Bonchev–Trinajstić information content (AvgIpc) is 3.14. The van der Waals surface area contributed by atoms with E-state index in [0.29, 0.717) is 24.3 Å². The normalized spacial score (nSPS) is 22.2. The van der Waals surface area contributed by atoms with Gasteiger partial charge in [0.2, 0.25) is 5.95 Å². The summed E-state index contributed by atoms with van der Waals surface area (Å²) in [4.78, 5) is 9.08. The lowest BCUT2D eigenvalue weighted by molar-refractivity contribution is 0.0699. The van der Waals surface area contributed by atoms with Gasteiger partial charge in [0.15, 0.2) is 0 Å². The van der Waals surface area contributed by atoms with Crippen molar-refractivity contribution in [3.8, 4) is 0 Å². The molecule has 0 aromatic carbocycles. The molecule has 1 aromatic rings. The lowest BCUT2D eigenvalue weighted by Crippen LogP contribution is -2.23. The minimum absolute atomic E-state index is 0.0605. The molecule has 128 valence electrons. The summed E-state index contributed by atoms with van der Waals surface area (Å²) in [6, 6.07) is 2.03. The van der Waals surface area contributed by atoms with Gasteiger partial charge in [-0.3, -0.25) is 0 Å². The number of hydrogen-bond donors (Lipinski definition) is 3. The molecule has 0 bridgehead atoms. The first-order valence-electron chi connectivity index (χ1n) is 8.48. The van der Waals surface area contributed by atoms with Gasteiger partial charge in [-0.15, -0.1) is 0 Å². The highest BCUT2D eigenvalue weighted by molar-refractivity contribution is 5.43. The molecule has 0 spiro atoms. The van der Waals surface area contributed by atoms with Crippen LogP contribution in [-0.4, -0.2) is 61.2 Å². The topological polar surface area (TPSA) is 88.5 Å². The van der Waals surface area contributed by atoms with E-state index in [1.54, 1.807) is 0 Å². The smallest absolute Gasteiger partial charge is 0.224 e. The number of ether oxygens (including phenoxy) is 2. The van der Waals surface area contributed by atoms with Gasteiger partial charge in [0, 0.05) is 44.9 Å². The van der Waals surface area contributed by atoms with E-state index in [1.165, 1.54) is 0 Å². The zero-order chi connectivity index (χ0) is 15.9. The number of aliphatic hydroxyl groups excluding tert-OH is 1. The molecule has 3 heterocycles. The van der Waals surface area contributed by atoms with Crippen molar-refractivity contribution in [2.24, 2.45) is 5.92 Å². The third kappa shape index (κ3) is 4.76. The maximum absolute atomic E-state index is 8.99. The second-order valence-electron chi connectivity index (χ2n) is 6.15. The van der Waals surface area contributed by atoms with E-state index in [-0.39, 0.29) is 6.61 Å². The Morgan fingerprint density at radius 2 is 1.91 bits per heavy atom. The number of rotatable bonds is 7. The van der Waals surface area contributed by atoms with Crippen LogP contribution in [0.5, 0.6) is 0 Å². The van der Waals surface area contributed by atoms with Crippen LogP contribution < -0.4 is 10.6 Å². The zero-order valence-electron chi connectivity index (χ0n) is 13.5. The van der Waals surface area contributed by atoms with Crippen molar-refractivity contribution >= 4 is 11.8 Å². The highest BCUT2D eigenvalue weighted by Crippen LogP contribution is 2.26. The van der Waals surface area contributed by atoms with Gasteiger partial charge in [0.1, 0.15) is 5.82 Å². The molecule has 3 N–H and O–H groups in total. The van der Waals surface area contributed by atoms with Gasteiger partial charge >= 0.3 is 0 Å². The average molecular weight is 322 g/mol. The summed E-state index contributed by atoms with van der Waals surface area (Å²) in [5.74, 6) is 2.37. The summed E-state index contributed by atoms with van der Waals surface area (Å²) < 4.78 is 10.9. The Bertz CT molecular complexity index is 488. The van der Waals surface area contributed by atoms with Crippen LogP contribution in [0.15, 0.2) is 6.07 Å². The lowest BCUT2D eigenvalue weighted by Gasteiger charge is -2.22. The number of hydrogen-bond acceptors (Lipinski definition) is 7. The molecule has 1 aromatic heterocycles. The molecule has 0 amide bonds. The predicted molar refractivity (Wildman–Crippen MR) is 87.8 cm³/mol. The summed E-state index contributed by atoms with van der Waals surface area (Å²) >= 11 is 0. The number of anilines is 2. The van der Waals surface area contributed by atoms with Crippen molar-refractivity contribution in [3.63, 3.8) is 0 Å². The minimum Gasteiger partial charge on any atom is -0.395 e. The van der Waals surface area contributed by atoms with E-state index in [4.69, 9.17) is 14.6 Å². The van der Waals surface area contributed by atoms with E-state index in [1.807, 2.05) is 6.07 Å². The van der Waals surface area contributed by atoms with E-state index >= 15 is 0 Å². The van der Waals surface area contributed by atoms with E-state index in [9.17, 15) is 0 Å². The molecule has 1 unspecified atom stereocenters. The van der Waals surface area contributed by atoms with Crippen molar-refractivity contribution in [2.75, 3.05) is 56.8 Å². The minimum atomic E-state index is 0.0605. The fraction of sp³-hybridized carbons (Fsp3) is 0.750. The molecule has 0 saturated carbocycles. The molecule has 23 heavy (non-hydrogen) atoms. The van der Waals surface area contributed by atoms with Gasteiger partial charge in [0.05, 0.1) is 18.9 Å². The maximum atomic E-state index is 8.99. The summed E-state index contributed by atoms with van der Waals surface area (Å²) in [7, 11) is 0. The molecule has 3 rings (SSSR count). The predicted octanol–water partition coefficient (Wildman–Crippen LogP) is 1.22. The molecule has 0 aliphatic carbocycles. The first-order valence-corrected chi connectivity index (χ1v) is 8.48. The molecule has 1 atom stereocenters. The van der Waals surface area contributed by atoms with Crippen LogP contribution in [0.2, 0.25) is 0 Å². The molecule has 0 radical (unpaired) electrons. The van der Waals surface area contributed by atoms with Gasteiger partial charge in [-0.2, -0.15) is 4.98 Å². The van der Waals surface area contributed by atoms with Gasteiger partial charge in [-0.05, 0) is 25.2 Å². The standard InChI is InChI=1S/C16H26N4O3/c21-5-4-17-16-19-14(13-3-8-23-11-13)9-15(20-16)18-10-12-1-6-22-7-2-12/h9,12-13,21H,1-8,10-11H2,(H2,17,18,19,20). The Morgan fingerprint density at radius 3 is 2.65 bits per heavy atom. The summed E-state index contributed by atoms with van der Waals surface area (Å²) in [6.07, 6.45) is 3.18. The Morgan fingerprint density at radius 1 is 1.09 bits per heavy atom. The molecular weight excluding hydrogens is 296 g/mol. The molecule has 7 heteroatoms. The van der Waals surface area contributed by atoms with Crippen LogP contribution in [0.3, 0.4) is 0 Å². The fourth-order valence-corrected chi connectivity index (χ4v) is 2.98. The number of aliphatic hydroxyl groups is 1. The second kappa shape index (κ2) is 8.42. The first kappa shape index (κ1) is 16.4. The molecule has 2 aliphatic rings. The molecule has 2 fully saturated rings. The molecule has 2 aliphatic heterocycles. The van der Waals surface area contributed by atoms with E-state index in [2.05, 4.69) is 20.6 Å². The molecule has 7 nitrogen and oxygen atoms in total. The van der Waals surface area contributed by atoms with Crippen molar-refractivity contribution in [1.82, 2.24) is 9.97 Å². The van der Waals surface area contributed by atoms with Gasteiger partial charge < -0.3 is 25.2 Å². The lowest BCUT2D eigenvalue weighted by atomic mass is 10.0. The number of nitrogens with one attached hydrogen (secondary N) is 2. The van der Waals surface area contributed by atoms with Crippen molar-refractivity contribution in [1.29, 1.82) is 0 Å². The fourth-order valence-electron chi connectivity index (χ4n) is 2.98. The third-order valence-electron chi connectivity index (χ3n) is 4.40. The monoisotopic (exact) mass is 322 g/mol. The van der Waals surface area contributed by atoms with Crippen LogP contribution in [0.25, 0.3) is 0 Å². The highest BCUT2D eigenvalue weighted by atomic mass is 16.5. The Hall–Kier alpha value is -1.44. The summed E-state index contributed by atoms with van der Waals surface area (Å²) in [5, 5.41) is 15.5. The number of aromatic nitrogens is 2. The first-order chi connectivity index (χ1) is 11.3. The third-order valence-corrected chi connectivity index (χ3v) is 4.40. The van der Waals surface area contributed by atoms with Crippen molar-refractivity contribution < 1.29 is 14.6 Å². The molecular formula is C16H26N4O3. The summed E-state index contributed by atoms with van der Waals surface area (Å²) in [6.45, 7) is 4.62. The van der Waals surface area contributed by atoms with Gasteiger partial charge in [-0.1, -0.05) is 0 Å². The number of nitrogens with zero attached hydrogens (tertiary/aromatic N) is 2. The van der Waals surface area contributed by atoms with Gasteiger partial charge in [0.25, 0.3) is 0 Å². The quantitative estimate of drug-likeness (QED) is 0.695. The van der Waals surface area contributed by atoms with Crippen LogP contribution in [0.4, 0.5) is 11.8 Å². The maximum Gasteiger partial charge on any atom is 0.224 e. The summed E-state index contributed by atoms with van der Waals surface area (Å²) in [5.41, 5.74) is 1.01. The van der Waals surface area contributed by atoms with Crippen molar-refractivity contribution in [3.05, 3.63) is 11.8 Å². The highest BCUT2D eigenvalue weighted by Gasteiger charge is 2.21. The van der Waals surface area contributed by atoms with Crippen LogP contribution in [0.1, 0.15) is 30.9 Å². The van der Waals surface area contributed by atoms with Crippen LogP contribution >= 0.6 is 0 Å². The van der Waals surface area contributed by atoms with Gasteiger partial charge in [-0.25, -0.2) is 4.98 Å². The largest absolute Gasteiger partial charge is 0.395 e. The van der Waals surface area contributed by atoms with E-state index in [0.717, 1.165) is 63.7 Å². The Labute approximate surface area is 136 Å². The van der Waals surface area contributed by atoms with Crippen LogP contribution in [0, 0.1) is 5.92 Å². The second-order valence-corrected chi connectivity index (χ2v) is 6.15. The SMILES string of the molecule is OCCNc1nc(NCC2CCOCC2)cc(C2CCOC2)n1. The van der Waals surface area contributed by atoms with Crippen molar-refractivity contribution in [2.45, 2.75) is 25.2 Å². The molecule has 2 saturated heterocycles. The Balaban J connectivity index is 1.67. The van der Waals surface area contributed by atoms with E-state index < -0.39 is 0 Å². The zero-order valence-corrected chi connectivity index (χ0v) is 13.5.